The summed E-state index contributed by atoms with van der Waals surface area (Å²) in [5.41, 5.74) is 0. The van der Waals surface area contributed by atoms with Crippen LogP contribution in [0.1, 0.15) is 32.1 Å². The van der Waals surface area contributed by atoms with Crippen LogP contribution in [0.3, 0.4) is 0 Å². The molecule has 0 atom stereocenters. The molecule has 0 aliphatic heterocycles. The zero-order chi connectivity index (χ0) is 8.10. The minimum absolute atomic E-state index is 0.420. The molecule has 0 aromatic carbocycles. The molecule has 0 saturated heterocycles. The summed E-state index contributed by atoms with van der Waals surface area (Å²) in [5.74, 6) is 0. The van der Waals surface area contributed by atoms with Crippen molar-refractivity contribution in [2.75, 3.05) is 6.26 Å². The van der Waals surface area contributed by atoms with E-state index >= 15 is 0 Å². The smallest absolute Gasteiger partial charge is 0.219 e. The highest BCUT2D eigenvalue weighted by atomic mass is 32.2. The topological polar surface area (TPSA) is 9.23 Å². The van der Waals surface area contributed by atoms with Gasteiger partial charge in [0.1, 0.15) is 6.10 Å². The number of hydrogen-bond donors (Lipinski definition) is 0. The van der Waals surface area contributed by atoms with Gasteiger partial charge in [-0.1, -0.05) is 18.2 Å². The van der Waals surface area contributed by atoms with Gasteiger partial charge in [-0.05, 0) is 44.2 Å². The molecule has 1 saturated carbocycles. The van der Waals surface area contributed by atoms with Gasteiger partial charge in [-0.3, -0.25) is 0 Å². The van der Waals surface area contributed by atoms with E-state index in [4.69, 9.17) is 17.0 Å². The van der Waals surface area contributed by atoms with Crippen LogP contribution in [0.4, 0.5) is 0 Å². The predicted octanol–water partition coefficient (Wildman–Crippen LogP) is 2.98. The monoisotopic (exact) mass is 190 g/mol. The third kappa shape index (κ3) is 3.43. The summed E-state index contributed by atoms with van der Waals surface area (Å²) in [6.45, 7) is 0. The maximum atomic E-state index is 5.53. The SMILES string of the molecule is CSC(=S)OC1CCCCC1. The summed E-state index contributed by atoms with van der Waals surface area (Å²) in [7, 11) is 0. The Kier molecular flexibility index (Phi) is 4.23. The van der Waals surface area contributed by atoms with E-state index in [2.05, 4.69) is 0 Å². The number of rotatable bonds is 1. The molecule has 3 heteroatoms. The molecule has 1 nitrogen and oxygen atoms in total. The zero-order valence-corrected chi connectivity index (χ0v) is 8.47. The summed E-state index contributed by atoms with van der Waals surface area (Å²) >= 11 is 6.50. The van der Waals surface area contributed by atoms with Crippen molar-refractivity contribution >= 4 is 28.4 Å². The molecule has 0 N–H and O–H groups in total. The fourth-order valence-corrected chi connectivity index (χ4v) is 1.74. The predicted molar refractivity (Wildman–Crippen MR) is 54.1 cm³/mol. The second-order valence-electron chi connectivity index (χ2n) is 2.83. The maximum Gasteiger partial charge on any atom is 0.219 e. The Hall–Kier alpha value is 0.240. The third-order valence-electron chi connectivity index (χ3n) is 1.98. The van der Waals surface area contributed by atoms with Gasteiger partial charge in [0.25, 0.3) is 0 Å². The molecule has 0 spiro atoms. The lowest BCUT2D eigenvalue weighted by atomic mass is 9.98. The van der Waals surface area contributed by atoms with Crippen molar-refractivity contribution in [2.24, 2.45) is 0 Å². The highest BCUT2D eigenvalue weighted by Gasteiger charge is 2.15. The van der Waals surface area contributed by atoms with Gasteiger partial charge in [-0.2, -0.15) is 0 Å². The fraction of sp³-hybridized carbons (Fsp3) is 0.875. The van der Waals surface area contributed by atoms with Gasteiger partial charge in [0.15, 0.2) is 0 Å². The Bertz CT molecular complexity index is 130. The molecule has 0 heterocycles. The minimum Gasteiger partial charge on any atom is -0.475 e. The van der Waals surface area contributed by atoms with Gasteiger partial charge >= 0.3 is 0 Å². The Balaban J connectivity index is 2.19. The molecule has 0 unspecified atom stereocenters. The van der Waals surface area contributed by atoms with E-state index in [1.54, 1.807) is 0 Å². The van der Waals surface area contributed by atoms with Crippen molar-refractivity contribution < 1.29 is 4.74 Å². The Labute approximate surface area is 77.9 Å². The van der Waals surface area contributed by atoms with Crippen molar-refractivity contribution in [2.45, 2.75) is 38.2 Å². The molecule has 0 aromatic rings. The number of ether oxygens (including phenoxy) is 1. The van der Waals surface area contributed by atoms with E-state index in [1.165, 1.54) is 43.9 Å². The first-order valence-corrected chi connectivity index (χ1v) is 5.71. The van der Waals surface area contributed by atoms with Crippen molar-refractivity contribution in [1.29, 1.82) is 0 Å². The molecule has 1 aliphatic carbocycles. The summed E-state index contributed by atoms with van der Waals surface area (Å²) in [6.07, 6.45) is 8.76. The van der Waals surface area contributed by atoms with Gasteiger partial charge in [0.05, 0.1) is 0 Å². The molecule has 0 radical (unpaired) electrons. The molecule has 1 rings (SSSR count). The van der Waals surface area contributed by atoms with Crippen LogP contribution in [-0.4, -0.2) is 16.7 Å². The van der Waals surface area contributed by atoms with Crippen LogP contribution < -0.4 is 0 Å². The van der Waals surface area contributed by atoms with E-state index in [0.29, 0.717) is 10.5 Å². The second-order valence-corrected chi connectivity index (χ2v) is 4.24. The van der Waals surface area contributed by atoms with E-state index in [0.717, 1.165) is 0 Å². The average molecular weight is 190 g/mol. The van der Waals surface area contributed by atoms with Gasteiger partial charge in [0, 0.05) is 0 Å². The average Bonchev–Trinajstić information content (AvgIpc) is 2.06. The summed E-state index contributed by atoms with van der Waals surface area (Å²) in [6, 6.07) is 0. The lowest BCUT2D eigenvalue weighted by molar-refractivity contribution is 0.153. The van der Waals surface area contributed by atoms with Crippen LogP contribution in [0.25, 0.3) is 0 Å². The molecule has 0 aromatic heterocycles. The van der Waals surface area contributed by atoms with E-state index < -0.39 is 0 Å². The Morgan fingerprint density at radius 1 is 1.36 bits per heavy atom. The molecule has 11 heavy (non-hydrogen) atoms. The normalized spacial score (nSPS) is 19.7. The number of hydrogen-bond acceptors (Lipinski definition) is 3. The van der Waals surface area contributed by atoms with Gasteiger partial charge in [0.2, 0.25) is 4.38 Å². The van der Waals surface area contributed by atoms with Crippen LogP contribution in [-0.2, 0) is 4.74 Å². The molecule has 0 bridgehead atoms. The fourth-order valence-electron chi connectivity index (χ4n) is 1.37. The van der Waals surface area contributed by atoms with E-state index in [9.17, 15) is 0 Å². The van der Waals surface area contributed by atoms with Crippen LogP contribution in [0, 0.1) is 0 Å². The lowest BCUT2D eigenvalue weighted by Gasteiger charge is -2.22. The van der Waals surface area contributed by atoms with E-state index in [1.807, 2.05) is 6.26 Å². The zero-order valence-electron chi connectivity index (χ0n) is 6.84. The minimum atomic E-state index is 0.420. The first-order chi connectivity index (χ1) is 5.33. The Morgan fingerprint density at radius 3 is 2.55 bits per heavy atom. The highest BCUT2D eigenvalue weighted by Crippen LogP contribution is 2.21. The molecule has 1 aliphatic rings. The van der Waals surface area contributed by atoms with Crippen LogP contribution in [0.15, 0.2) is 0 Å². The van der Waals surface area contributed by atoms with Crippen LogP contribution >= 0.6 is 24.0 Å². The summed E-state index contributed by atoms with van der Waals surface area (Å²) in [5, 5.41) is 0. The second kappa shape index (κ2) is 4.99. The van der Waals surface area contributed by atoms with Crippen LogP contribution in [0.2, 0.25) is 0 Å². The third-order valence-corrected chi connectivity index (χ3v) is 3.01. The molecule has 1 fully saturated rings. The molecular formula is C8H14OS2. The number of thiocarbonyl (C=S) groups is 1. The van der Waals surface area contributed by atoms with Gasteiger partial charge < -0.3 is 4.74 Å². The lowest BCUT2D eigenvalue weighted by Crippen LogP contribution is -2.18. The summed E-state index contributed by atoms with van der Waals surface area (Å²) in [4.78, 5) is 0. The molecular weight excluding hydrogens is 176 g/mol. The van der Waals surface area contributed by atoms with Gasteiger partial charge in [-0.15, -0.1) is 0 Å². The first kappa shape index (κ1) is 9.33. The van der Waals surface area contributed by atoms with Crippen molar-refractivity contribution in [3.8, 4) is 0 Å². The highest BCUT2D eigenvalue weighted by molar-refractivity contribution is 8.22. The first-order valence-electron chi connectivity index (χ1n) is 4.07. The quantitative estimate of drug-likeness (QED) is 0.588. The summed E-state index contributed by atoms with van der Waals surface area (Å²) < 4.78 is 6.24. The number of thioether (sulfide) groups is 1. The Morgan fingerprint density at radius 2 is 2.00 bits per heavy atom. The van der Waals surface area contributed by atoms with Crippen molar-refractivity contribution in [3.05, 3.63) is 0 Å². The maximum absolute atomic E-state index is 5.53. The van der Waals surface area contributed by atoms with Crippen molar-refractivity contribution in [3.63, 3.8) is 0 Å². The molecule has 64 valence electrons. The largest absolute Gasteiger partial charge is 0.475 e. The molecule has 0 amide bonds. The van der Waals surface area contributed by atoms with Crippen LogP contribution in [0.5, 0.6) is 0 Å². The standard InChI is InChI=1S/C8H14OS2/c1-11-8(10)9-7-5-3-2-4-6-7/h7H,2-6H2,1H3. The van der Waals surface area contributed by atoms with Gasteiger partial charge in [-0.25, -0.2) is 0 Å². The van der Waals surface area contributed by atoms with E-state index in [-0.39, 0.29) is 0 Å². The van der Waals surface area contributed by atoms with Crippen molar-refractivity contribution in [1.82, 2.24) is 0 Å².